The molecule has 0 aromatic carbocycles. The Morgan fingerprint density at radius 1 is 0.902 bits per heavy atom. The molecule has 0 radical (unpaired) electrons. The van der Waals surface area contributed by atoms with Crippen molar-refractivity contribution in [2.45, 2.75) is 90.0 Å². The summed E-state index contributed by atoms with van der Waals surface area (Å²) in [4.78, 5) is 55.9. The molecule has 11 heteroatoms. The minimum absolute atomic E-state index is 0.195. The molecule has 3 fully saturated rings. The van der Waals surface area contributed by atoms with Crippen molar-refractivity contribution < 1.29 is 47.3 Å². The first-order valence-electron chi connectivity index (χ1n) is 13.7. The van der Waals surface area contributed by atoms with Crippen molar-refractivity contribution in [3.63, 3.8) is 0 Å². The van der Waals surface area contributed by atoms with Gasteiger partial charge in [0.15, 0.2) is 6.10 Å². The quantitative estimate of drug-likeness (QED) is 0.369. The summed E-state index contributed by atoms with van der Waals surface area (Å²) in [7, 11) is 0. The molecule has 1 spiro atoms. The van der Waals surface area contributed by atoms with Gasteiger partial charge in [-0.1, -0.05) is 6.92 Å². The second kappa shape index (κ2) is 10.3. The van der Waals surface area contributed by atoms with Crippen molar-refractivity contribution >= 4 is 23.9 Å². The van der Waals surface area contributed by atoms with Crippen molar-refractivity contribution in [1.82, 2.24) is 4.98 Å². The average molecular weight is 570 g/mol. The molecule has 2 saturated carbocycles. The standard InChI is InChI=1S/C30H35NO10/c1-16-9-10-21(37-17(2)32)29(6)25(40-26(34)19-8-7-12-31-14-19)23(38-18(3)33)22-24(30(16,29)41-28(22,4)5)39-27(35)20-11-13-36-15-20/h7-8,11-16,21-25H,9-10H2,1-6H3/t16-,21+,22-,23-,24-,25+,29-,30+/m1/s1. The summed E-state index contributed by atoms with van der Waals surface area (Å²) in [5.74, 6) is -3.49. The van der Waals surface area contributed by atoms with E-state index < -0.39 is 70.8 Å². The summed E-state index contributed by atoms with van der Waals surface area (Å²) in [6.45, 7) is 9.99. The van der Waals surface area contributed by atoms with E-state index in [0.29, 0.717) is 12.8 Å². The van der Waals surface area contributed by atoms with Crippen molar-refractivity contribution in [3.8, 4) is 0 Å². The number of nitrogens with zero attached hydrogens (tertiary/aromatic N) is 1. The lowest BCUT2D eigenvalue weighted by Gasteiger charge is -2.62. The van der Waals surface area contributed by atoms with E-state index in [-0.39, 0.29) is 17.0 Å². The van der Waals surface area contributed by atoms with Gasteiger partial charge in [0, 0.05) is 26.2 Å². The van der Waals surface area contributed by atoms with Crippen LogP contribution in [0, 0.1) is 17.3 Å². The average Bonchev–Trinajstić information content (AvgIpc) is 3.51. The van der Waals surface area contributed by atoms with E-state index in [9.17, 15) is 19.2 Å². The van der Waals surface area contributed by atoms with Gasteiger partial charge < -0.3 is 28.1 Å². The molecule has 41 heavy (non-hydrogen) atoms. The van der Waals surface area contributed by atoms with Crippen molar-refractivity contribution in [2.75, 3.05) is 0 Å². The Morgan fingerprint density at radius 3 is 2.20 bits per heavy atom. The van der Waals surface area contributed by atoms with Crippen LogP contribution in [0.25, 0.3) is 0 Å². The summed E-state index contributed by atoms with van der Waals surface area (Å²) in [5, 5.41) is 0. The predicted molar refractivity (Wildman–Crippen MR) is 140 cm³/mol. The first-order chi connectivity index (χ1) is 19.3. The minimum Gasteiger partial charge on any atom is -0.472 e. The van der Waals surface area contributed by atoms with E-state index in [4.69, 9.17) is 28.1 Å². The molecule has 3 heterocycles. The lowest BCUT2D eigenvalue weighted by atomic mass is 9.48. The normalized spacial score (nSPS) is 35.1. The SMILES string of the molecule is CC(=O)O[C@@H]1[C@@H]2[C@@H](OC(=O)c3ccoc3)[C@@]3(OC2(C)C)[C@H](C)CC[C@H](OC(C)=O)[C@]3(C)[C@H]1OC(=O)c1cccnc1. The van der Waals surface area contributed by atoms with E-state index in [2.05, 4.69) is 4.98 Å². The molecule has 2 aliphatic carbocycles. The van der Waals surface area contributed by atoms with Gasteiger partial charge in [0.25, 0.3) is 0 Å². The van der Waals surface area contributed by atoms with Crippen LogP contribution in [0.1, 0.15) is 75.1 Å². The van der Waals surface area contributed by atoms with E-state index in [1.807, 2.05) is 20.8 Å². The van der Waals surface area contributed by atoms with Gasteiger partial charge in [-0.05, 0) is 57.7 Å². The number of aromatic nitrogens is 1. The molecule has 11 nitrogen and oxygen atoms in total. The molecular formula is C30H35NO10. The topological polar surface area (TPSA) is 140 Å². The Bertz CT molecular complexity index is 1320. The van der Waals surface area contributed by atoms with E-state index in [1.54, 1.807) is 19.1 Å². The van der Waals surface area contributed by atoms with Gasteiger partial charge in [-0.2, -0.15) is 0 Å². The second-order valence-electron chi connectivity index (χ2n) is 11.9. The molecule has 2 aromatic heterocycles. The van der Waals surface area contributed by atoms with Crippen LogP contribution in [0.15, 0.2) is 47.5 Å². The van der Waals surface area contributed by atoms with Gasteiger partial charge in [-0.15, -0.1) is 0 Å². The number of rotatable bonds is 6. The van der Waals surface area contributed by atoms with Crippen LogP contribution in [0.2, 0.25) is 0 Å². The Morgan fingerprint density at radius 2 is 1.59 bits per heavy atom. The van der Waals surface area contributed by atoms with Gasteiger partial charge in [-0.25, -0.2) is 9.59 Å². The second-order valence-corrected chi connectivity index (χ2v) is 11.9. The fraction of sp³-hybridized carbons (Fsp3) is 0.567. The molecule has 220 valence electrons. The third-order valence-electron chi connectivity index (χ3n) is 9.06. The Balaban J connectivity index is 1.71. The number of hydrogen-bond donors (Lipinski definition) is 0. The highest BCUT2D eigenvalue weighted by Crippen LogP contribution is 2.68. The maximum atomic E-state index is 13.5. The number of ether oxygens (including phenoxy) is 5. The first kappa shape index (κ1) is 28.8. The zero-order valence-electron chi connectivity index (χ0n) is 23.9. The molecule has 0 N–H and O–H groups in total. The number of carbonyl (C=O) groups is 4. The number of carbonyl (C=O) groups excluding carboxylic acids is 4. The maximum absolute atomic E-state index is 13.5. The van der Waals surface area contributed by atoms with Crippen molar-refractivity contribution in [2.24, 2.45) is 17.3 Å². The summed E-state index contributed by atoms with van der Waals surface area (Å²) < 4.78 is 36.4. The molecule has 8 atom stereocenters. The number of pyridine rings is 1. The monoisotopic (exact) mass is 569 g/mol. The van der Waals surface area contributed by atoms with Crippen LogP contribution in [0.4, 0.5) is 0 Å². The van der Waals surface area contributed by atoms with Crippen LogP contribution in [0.5, 0.6) is 0 Å². The molecule has 1 saturated heterocycles. The van der Waals surface area contributed by atoms with Crippen molar-refractivity contribution in [1.29, 1.82) is 0 Å². The molecule has 1 aliphatic heterocycles. The Hall–Kier alpha value is -3.73. The zero-order valence-corrected chi connectivity index (χ0v) is 23.9. The van der Waals surface area contributed by atoms with Crippen LogP contribution in [0.3, 0.4) is 0 Å². The largest absolute Gasteiger partial charge is 0.472 e. The van der Waals surface area contributed by atoms with Gasteiger partial charge in [0.05, 0.1) is 34.3 Å². The number of hydrogen-bond acceptors (Lipinski definition) is 11. The van der Waals surface area contributed by atoms with Gasteiger partial charge in [-0.3, -0.25) is 14.6 Å². The van der Waals surface area contributed by atoms with E-state index >= 15 is 0 Å². The molecule has 0 amide bonds. The number of fused-ring (bicyclic) bond motifs is 1. The lowest BCUT2D eigenvalue weighted by molar-refractivity contribution is -0.296. The van der Waals surface area contributed by atoms with Crippen LogP contribution < -0.4 is 0 Å². The van der Waals surface area contributed by atoms with Gasteiger partial charge in [0.2, 0.25) is 0 Å². The maximum Gasteiger partial charge on any atom is 0.341 e. The first-order valence-corrected chi connectivity index (χ1v) is 13.7. The molecule has 0 unspecified atom stereocenters. The highest BCUT2D eigenvalue weighted by molar-refractivity contribution is 5.90. The number of furan rings is 1. The van der Waals surface area contributed by atoms with Crippen LogP contribution in [-0.2, 0) is 33.3 Å². The van der Waals surface area contributed by atoms with Crippen LogP contribution >= 0.6 is 0 Å². The Labute approximate surface area is 237 Å². The van der Waals surface area contributed by atoms with Crippen molar-refractivity contribution in [3.05, 3.63) is 54.2 Å². The molecule has 2 bridgehead atoms. The summed E-state index contributed by atoms with van der Waals surface area (Å²) in [6, 6.07) is 4.66. The van der Waals surface area contributed by atoms with Gasteiger partial charge >= 0.3 is 23.9 Å². The minimum atomic E-state index is -1.32. The highest BCUT2D eigenvalue weighted by Gasteiger charge is 2.82. The predicted octanol–water partition coefficient (Wildman–Crippen LogP) is 3.90. The third kappa shape index (κ3) is 4.50. The lowest BCUT2D eigenvalue weighted by Crippen LogP contribution is -2.76. The van der Waals surface area contributed by atoms with E-state index in [0.717, 1.165) is 0 Å². The Kier molecular flexibility index (Phi) is 7.21. The molecule has 3 aliphatic rings. The fourth-order valence-corrected chi connectivity index (χ4v) is 7.48. The summed E-state index contributed by atoms with van der Waals surface area (Å²) >= 11 is 0. The molecule has 2 aromatic rings. The fourth-order valence-electron chi connectivity index (χ4n) is 7.48. The smallest absolute Gasteiger partial charge is 0.341 e. The van der Waals surface area contributed by atoms with Gasteiger partial charge in [0.1, 0.15) is 30.2 Å². The number of esters is 4. The summed E-state index contributed by atoms with van der Waals surface area (Å²) in [6.07, 6.45) is 2.50. The van der Waals surface area contributed by atoms with E-state index in [1.165, 1.54) is 44.8 Å². The molecular weight excluding hydrogens is 534 g/mol. The third-order valence-corrected chi connectivity index (χ3v) is 9.06. The highest BCUT2D eigenvalue weighted by atomic mass is 16.6. The summed E-state index contributed by atoms with van der Waals surface area (Å²) in [5.41, 5.74) is -3.24. The zero-order chi connectivity index (χ0) is 29.7. The van der Waals surface area contributed by atoms with Crippen LogP contribution in [-0.4, -0.2) is 64.5 Å². The molecule has 5 rings (SSSR count).